The number of carbonyl (C=O) groups is 2. The number of allylic oxidation sites excluding steroid dienone is 2. The number of carbonyl (C=O) groups excluding carboxylic acids is 2. The molecule has 72 valence electrons. The van der Waals surface area contributed by atoms with Crippen LogP contribution < -0.4 is 0 Å². The zero-order valence-electron chi connectivity index (χ0n) is 8.38. The number of esters is 2. The van der Waals surface area contributed by atoms with Crippen LogP contribution in [-0.2, 0) is 14.3 Å². The molecule has 0 aromatic carbocycles. The van der Waals surface area contributed by atoms with E-state index in [-0.39, 0.29) is 0 Å². The molecule has 0 radical (unpaired) electrons. The third-order valence-corrected chi connectivity index (χ3v) is 1.70. The summed E-state index contributed by atoms with van der Waals surface area (Å²) in [6, 6.07) is 0. The van der Waals surface area contributed by atoms with E-state index in [0.717, 1.165) is 0 Å². The van der Waals surface area contributed by atoms with Crippen molar-refractivity contribution in [1.82, 2.24) is 0 Å². The summed E-state index contributed by atoms with van der Waals surface area (Å²) >= 11 is 0. The monoisotopic (exact) mass is 182 g/mol. The van der Waals surface area contributed by atoms with Crippen LogP contribution in [0.1, 0.15) is 27.7 Å². The largest absolute Gasteiger partial charge is 0.386 e. The highest BCUT2D eigenvalue weighted by molar-refractivity contribution is 6.01. The molecule has 0 aliphatic carbocycles. The van der Waals surface area contributed by atoms with Gasteiger partial charge in [-0.1, -0.05) is 12.2 Å². The summed E-state index contributed by atoms with van der Waals surface area (Å²) in [5.74, 6) is -1.18. The Hall–Kier alpha value is -1.38. The van der Waals surface area contributed by atoms with Crippen molar-refractivity contribution in [2.45, 2.75) is 27.7 Å². The average Bonchev–Trinajstić information content (AvgIpc) is 2.14. The first-order valence-electron chi connectivity index (χ1n) is 4.05. The van der Waals surface area contributed by atoms with Gasteiger partial charge in [0.1, 0.15) is 0 Å². The lowest BCUT2D eigenvalue weighted by atomic mass is 10.3. The fourth-order valence-electron chi connectivity index (χ4n) is 0.481. The Kier molecular flexibility index (Phi) is 4.74. The third-order valence-electron chi connectivity index (χ3n) is 1.70. The van der Waals surface area contributed by atoms with Crippen molar-refractivity contribution in [2.24, 2.45) is 0 Å². The van der Waals surface area contributed by atoms with Gasteiger partial charge < -0.3 is 4.74 Å². The van der Waals surface area contributed by atoms with Gasteiger partial charge in [-0.3, -0.25) is 0 Å². The Morgan fingerprint density at radius 2 is 1.23 bits per heavy atom. The average molecular weight is 182 g/mol. The summed E-state index contributed by atoms with van der Waals surface area (Å²) < 4.78 is 4.54. The highest BCUT2D eigenvalue weighted by Crippen LogP contribution is 2.01. The molecule has 0 aliphatic rings. The van der Waals surface area contributed by atoms with Crippen LogP contribution in [0.2, 0.25) is 0 Å². The fraction of sp³-hybridized carbons (Fsp3) is 0.400. The first kappa shape index (κ1) is 11.6. The minimum absolute atomic E-state index is 0.428. The first-order chi connectivity index (χ1) is 6.02. The maximum Gasteiger partial charge on any atom is 0.341 e. The number of hydrogen-bond donors (Lipinski definition) is 0. The second kappa shape index (κ2) is 5.30. The third kappa shape index (κ3) is 3.69. The quantitative estimate of drug-likeness (QED) is 0.372. The van der Waals surface area contributed by atoms with Crippen molar-refractivity contribution < 1.29 is 14.3 Å². The van der Waals surface area contributed by atoms with Crippen molar-refractivity contribution in [3.05, 3.63) is 23.3 Å². The van der Waals surface area contributed by atoms with Crippen molar-refractivity contribution in [3.63, 3.8) is 0 Å². The van der Waals surface area contributed by atoms with Gasteiger partial charge in [0.05, 0.1) is 0 Å². The molecule has 0 atom stereocenters. The molecular formula is C10H14O3. The summed E-state index contributed by atoms with van der Waals surface area (Å²) in [5.41, 5.74) is 0.856. The topological polar surface area (TPSA) is 43.4 Å². The van der Waals surface area contributed by atoms with Gasteiger partial charge in [-0.05, 0) is 27.7 Å². The van der Waals surface area contributed by atoms with Gasteiger partial charge in [0.25, 0.3) is 0 Å². The second-order valence-electron chi connectivity index (χ2n) is 2.62. The van der Waals surface area contributed by atoms with Gasteiger partial charge in [-0.25, -0.2) is 9.59 Å². The van der Waals surface area contributed by atoms with Crippen molar-refractivity contribution in [3.8, 4) is 0 Å². The van der Waals surface area contributed by atoms with Gasteiger partial charge in [0.2, 0.25) is 0 Å². The standard InChI is InChI=1S/C10H14O3/c1-5-7(3)9(11)13-10(12)8(4)6-2/h5-6H,1-4H3/b7-5+,8-6?. The Balaban J connectivity index is 4.32. The van der Waals surface area contributed by atoms with E-state index in [9.17, 15) is 9.59 Å². The maximum atomic E-state index is 11.1. The Morgan fingerprint density at radius 1 is 0.923 bits per heavy atom. The van der Waals surface area contributed by atoms with E-state index in [1.165, 1.54) is 0 Å². The highest BCUT2D eigenvalue weighted by atomic mass is 16.6. The van der Waals surface area contributed by atoms with Crippen LogP contribution in [0, 0.1) is 0 Å². The zero-order chi connectivity index (χ0) is 10.4. The SMILES string of the molecule is CC=C(C)C(=O)OC(=O)/C(C)=C/C. The lowest BCUT2D eigenvalue weighted by molar-refractivity contribution is -0.153. The highest BCUT2D eigenvalue weighted by Gasteiger charge is 2.12. The molecule has 0 spiro atoms. The second-order valence-corrected chi connectivity index (χ2v) is 2.62. The summed E-state index contributed by atoms with van der Waals surface area (Å²) in [7, 11) is 0. The molecule has 13 heavy (non-hydrogen) atoms. The van der Waals surface area contributed by atoms with E-state index in [1.807, 2.05) is 0 Å². The molecule has 0 aromatic rings. The Bertz CT molecular complexity index is 244. The summed E-state index contributed by atoms with van der Waals surface area (Å²) in [6.45, 7) is 6.62. The molecule has 0 rings (SSSR count). The maximum absolute atomic E-state index is 11.1. The molecule has 0 aliphatic heterocycles. The minimum Gasteiger partial charge on any atom is -0.386 e. The summed E-state index contributed by atoms with van der Waals surface area (Å²) in [5, 5.41) is 0. The van der Waals surface area contributed by atoms with Crippen molar-refractivity contribution in [1.29, 1.82) is 0 Å². The molecular weight excluding hydrogens is 168 g/mol. The van der Waals surface area contributed by atoms with Gasteiger partial charge in [-0.15, -0.1) is 0 Å². The van der Waals surface area contributed by atoms with Gasteiger partial charge >= 0.3 is 11.9 Å². The van der Waals surface area contributed by atoms with Crippen LogP contribution in [0.3, 0.4) is 0 Å². The zero-order valence-corrected chi connectivity index (χ0v) is 8.38. The number of ether oxygens (including phenoxy) is 1. The van der Waals surface area contributed by atoms with E-state index < -0.39 is 11.9 Å². The van der Waals surface area contributed by atoms with Crippen LogP contribution in [0.4, 0.5) is 0 Å². The molecule has 0 aromatic heterocycles. The molecule has 3 heteroatoms. The van der Waals surface area contributed by atoms with Crippen LogP contribution in [0.25, 0.3) is 0 Å². The van der Waals surface area contributed by atoms with Crippen molar-refractivity contribution >= 4 is 11.9 Å². The fourth-order valence-corrected chi connectivity index (χ4v) is 0.481. The molecule has 3 nitrogen and oxygen atoms in total. The van der Waals surface area contributed by atoms with E-state index in [4.69, 9.17) is 0 Å². The molecule has 0 heterocycles. The minimum atomic E-state index is -0.589. The first-order valence-corrected chi connectivity index (χ1v) is 4.05. The smallest absolute Gasteiger partial charge is 0.341 e. The van der Waals surface area contributed by atoms with E-state index in [1.54, 1.807) is 39.8 Å². The molecule has 0 bridgehead atoms. The summed E-state index contributed by atoms with van der Waals surface area (Å²) in [4.78, 5) is 22.1. The van der Waals surface area contributed by atoms with Gasteiger partial charge in [0.15, 0.2) is 0 Å². The van der Waals surface area contributed by atoms with Crippen molar-refractivity contribution in [2.75, 3.05) is 0 Å². The molecule has 0 fully saturated rings. The normalized spacial score (nSPS) is 12.6. The lowest BCUT2D eigenvalue weighted by Gasteiger charge is -2.01. The predicted octanol–water partition coefficient (Wildman–Crippen LogP) is 1.99. The van der Waals surface area contributed by atoms with Crippen LogP contribution in [-0.4, -0.2) is 11.9 Å². The molecule has 0 saturated carbocycles. The van der Waals surface area contributed by atoms with Crippen LogP contribution in [0.5, 0.6) is 0 Å². The number of hydrogen-bond acceptors (Lipinski definition) is 3. The van der Waals surface area contributed by atoms with Gasteiger partial charge in [0, 0.05) is 11.1 Å². The van der Waals surface area contributed by atoms with Crippen LogP contribution in [0.15, 0.2) is 23.3 Å². The summed E-state index contributed by atoms with van der Waals surface area (Å²) in [6.07, 6.45) is 3.20. The lowest BCUT2D eigenvalue weighted by Crippen LogP contribution is -2.13. The van der Waals surface area contributed by atoms with E-state index in [0.29, 0.717) is 11.1 Å². The molecule has 0 N–H and O–H groups in total. The Morgan fingerprint density at radius 3 is 1.46 bits per heavy atom. The van der Waals surface area contributed by atoms with E-state index in [2.05, 4.69) is 4.74 Å². The number of rotatable bonds is 2. The van der Waals surface area contributed by atoms with E-state index >= 15 is 0 Å². The molecule has 0 saturated heterocycles. The Labute approximate surface area is 78.1 Å². The van der Waals surface area contributed by atoms with Crippen LogP contribution >= 0.6 is 0 Å². The predicted molar refractivity (Wildman–Crippen MR) is 50.0 cm³/mol. The molecule has 0 unspecified atom stereocenters. The molecule has 0 amide bonds. The van der Waals surface area contributed by atoms with Gasteiger partial charge in [-0.2, -0.15) is 0 Å².